The number of nitrogens with one attached hydrogen (secondary N) is 1. The molecule has 6 nitrogen and oxygen atoms in total. The Morgan fingerprint density at radius 3 is 2.37 bits per heavy atom. The Labute approximate surface area is 161 Å². The summed E-state index contributed by atoms with van der Waals surface area (Å²) in [7, 11) is -2.14. The molecule has 0 aliphatic rings. The van der Waals surface area contributed by atoms with E-state index in [-0.39, 0.29) is 18.6 Å². The Hall–Kier alpha value is -2.38. The number of amides is 1. The Balaban J connectivity index is 2.17. The van der Waals surface area contributed by atoms with E-state index in [4.69, 9.17) is 4.74 Å². The van der Waals surface area contributed by atoms with Crippen molar-refractivity contribution < 1.29 is 17.9 Å². The minimum Gasteiger partial charge on any atom is -0.491 e. The lowest BCUT2D eigenvalue weighted by molar-refractivity contribution is -0.125. The molecule has 2 rings (SSSR count). The van der Waals surface area contributed by atoms with Crippen LogP contribution in [0, 0.1) is 0 Å². The van der Waals surface area contributed by atoms with Crippen LogP contribution in [-0.2, 0) is 21.4 Å². The van der Waals surface area contributed by atoms with Crippen molar-refractivity contribution in [3.8, 4) is 5.75 Å². The number of benzene rings is 2. The van der Waals surface area contributed by atoms with Crippen molar-refractivity contribution in [1.29, 1.82) is 0 Å². The molecule has 1 amide bonds. The van der Waals surface area contributed by atoms with E-state index in [1.54, 1.807) is 24.3 Å². The van der Waals surface area contributed by atoms with Crippen LogP contribution in [-0.4, -0.2) is 38.0 Å². The van der Waals surface area contributed by atoms with E-state index in [1.807, 2.05) is 44.2 Å². The summed E-state index contributed by atoms with van der Waals surface area (Å²) in [5.74, 6) is 0.342. The van der Waals surface area contributed by atoms with Crippen LogP contribution in [0.15, 0.2) is 54.6 Å². The highest BCUT2D eigenvalue weighted by Gasteiger charge is 2.30. The van der Waals surface area contributed by atoms with Crippen LogP contribution >= 0.6 is 0 Å². The van der Waals surface area contributed by atoms with Crippen LogP contribution in [0.3, 0.4) is 0 Å². The molecule has 2 aromatic rings. The first-order chi connectivity index (χ1) is 12.7. The maximum atomic E-state index is 12.8. The molecule has 0 heterocycles. The third-order valence-electron chi connectivity index (χ3n) is 3.99. The average Bonchev–Trinajstić information content (AvgIpc) is 2.60. The number of hydrogen-bond donors (Lipinski definition) is 1. The van der Waals surface area contributed by atoms with Crippen molar-refractivity contribution in [1.82, 2.24) is 9.62 Å². The fourth-order valence-electron chi connectivity index (χ4n) is 2.64. The Morgan fingerprint density at radius 2 is 1.78 bits per heavy atom. The summed E-state index contributed by atoms with van der Waals surface area (Å²) in [5.41, 5.74) is 1.48. The van der Waals surface area contributed by atoms with Crippen molar-refractivity contribution in [2.75, 3.05) is 13.3 Å². The molecule has 0 radical (unpaired) electrons. The third kappa shape index (κ3) is 6.08. The van der Waals surface area contributed by atoms with E-state index in [2.05, 4.69) is 5.32 Å². The fraction of sp³-hybridized carbons (Fsp3) is 0.350. The molecule has 0 bridgehead atoms. The molecule has 1 atom stereocenters. The molecule has 2 aromatic carbocycles. The summed E-state index contributed by atoms with van der Waals surface area (Å²) in [4.78, 5) is 12.8. The van der Waals surface area contributed by atoms with Gasteiger partial charge >= 0.3 is 0 Å². The van der Waals surface area contributed by atoms with Gasteiger partial charge in [-0.3, -0.25) is 4.79 Å². The first-order valence-corrected chi connectivity index (χ1v) is 10.5. The predicted octanol–water partition coefficient (Wildman–Crippen LogP) is 2.72. The maximum Gasteiger partial charge on any atom is 0.243 e. The zero-order valence-electron chi connectivity index (χ0n) is 16.0. The Morgan fingerprint density at radius 1 is 1.11 bits per heavy atom. The van der Waals surface area contributed by atoms with Crippen LogP contribution in [0.25, 0.3) is 0 Å². The summed E-state index contributed by atoms with van der Waals surface area (Å²) in [6, 6.07) is 15.4. The Kier molecular flexibility index (Phi) is 6.98. The van der Waals surface area contributed by atoms with Crippen molar-refractivity contribution in [3.05, 3.63) is 65.7 Å². The smallest absolute Gasteiger partial charge is 0.243 e. The third-order valence-corrected chi connectivity index (χ3v) is 5.24. The minimum atomic E-state index is -3.55. The topological polar surface area (TPSA) is 75.7 Å². The molecule has 0 spiro atoms. The molecule has 0 aromatic heterocycles. The van der Waals surface area contributed by atoms with E-state index in [1.165, 1.54) is 7.05 Å². The molecule has 0 aliphatic heterocycles. The molecular weight excluding hydrogens is 364 g/mol. The number of rotatable bonds is 8. The molecule has 0 fully saturated rings. The fourth-order valence-corrected chi connectivity index (χ4v) is 3.24. The number of carbonyl (C=O) groups excluding carboxylic acids is 1. The molecule has 27 heavy (non-hydrogen) atoms. The number of likely N-dealkylation sites (N-methyl/N-ethyl adjacent to an activating group) is 1. The van der Waals surface area contributed by atoms with Gasteiger partial charge in [-0.05, 0) is 37.1 Å². The van der Waals surface area contributed by atoms with Crippen LogP contribution in [0.1, 0.15) is 31.0 Å². The van der Waals surface area contributed by atoms with E-state index in [0.29, 0.717) is 5.56 Å². The van der Waals surface area contributed by atoms with Crippen LogP contribution < -0.4 is 10.1 Å². The summed E-state index contributed by atoms with van der Waals surface area (Å²) in [6.07, 6.45) is 1.14. The number of hydrogen-bond acceptors (Lipinski definition) is 4. The van der Waals surface area contributed by atoms with Gasteiger partial charge in [0.25, 0.3) is 0 Å². The van der Waals surface area contributed by atoms with Gasteiger partial charge in [-0.1, -0.05) is 42.5 Å². The highest BCUT2D eigenvalue weighted by Crippen LogP contribution is 2.22. The Bertz CT molecular complexity index is 867. The van der Waals surface area contributed by atoms with Crippen molar-refractivity contribution in [2.24, 2.45) is 0 Å². The van der Waals surface area contributed by atoms with Gasteiger partial charge in [0, 0.05) is 13.6 Å². The second-order valence-electron chi connectivity index (χ2n) is 6.62. The van der Waals surface area contributed by atoms with Gasteiger partial charge in [-0.2, -0.15) is 4.31 Å². The number of carbonyl (C=O) groups is 1. The van der Waals surface area contributed by atoms with E-state index < -0.39 is 16.1 Å². The zero-order chi connectivity index (χ0) is 20.0. The monoisotopic (exact) mass is 390 g/mol. The lowest BCUT2D eigenvalue weighted by atomic mass is 10.1. The standard InChI is InChI=1S/C20H26N2O4S/c1-15(2)26-18-12-8-9-16(13-18)14-21-20(23)19(22(3)27(4,24)25)17-10-6-5-7-11-17/h5-13,15,19H,14H2,1-4H3,(H,21,23)/t19-/m1/s1. The zero-order valence-corrected chi connectivity index (χ0v) is 16.9. The number of nitrogens with zero attached hydrogens (tertiary/aromatic N) is 1. The number of sulfonamides is 1. The van der Waals surface area contributed by atoms with Crippen LogP contribution in [0.5, 0.6) is 5.75 Å². The minimum absolute atomic E-state index is 0.0562. The lowest BCUT2D eigenvalue weighted by Crippen LogP contribution is -2.41. The summed E-state index contributed by atoms with van der Waals surface area (Å²) in [6.45, 7) is 4.16. The second-order valence-corrected chi connectivity index (χ2v) is 8.67. The van der Waals surface area contributed by atoms with Crippen molar-refractivity contribution in [2.45, 2.75) is 32.5 Å². The highest BCUT2D eigenvalue weighted by atomic mass is 32.2. The molecule has 7 heteroatoms. The molecular formula is C20H26N2O4S. The molecule has 0 saturated heterocycles. The van der Waals surface area contributed by atoms with Gasteiger partial charge in [0.15, 0.2) is 0 Å². The molecule has 0 aliphatic carbocycles. The first kappa shape index (κ1) is 20.9. The summed E-state index contributed by atoms with van der Waals surface area (Å²) < 4.78 is 30.7. The van der Waals surface area contributed by atoms with Crippen LogP contribution in [0.4, 0.5) is 0 Å². The van der Waals surface area contributed by atoms with Crippen molar-refractivity contribution >= 4 is 15.9 Å². The second kappa shape index (κ2) is 9.01. The average molecular weight is 391 g/mol. The van der Waals surface area contributed by atoms with Gasteiger partial charge in [-0.15, -0.1) is 0 Å². The molecule has 0 saturated carbocycles. The first-order valence-electron chi connectivity index (χ1n) is 8.69. The lowest BCUT2D eigenvalue weighted by Gasteiger charge is -2.25. The molecule has 146 valence electrons. The normalized spacial score (nSPS) is 12.8. The molecule has 1 N–H and O–H groups in total. The molecule has 0 unspecified atom stereocenters. The quantitative estimate of drug-likeness (QED) is 0.752. The van der Waals surface area contributed by atoms with Crippen LogP contribution in [0.2, 0.25) is 0 Å². The number of ether oxygens (including phenoxy) is 1. The van der Waals surface area contributed by atoms with E-state index in [9.17, 15) is 13.2 Å². The SMILES string of the molecule is CC(C)Oc1cccc(CNC(=O)[C@@H](c2ccccc2)N(C)S(C)(=O)=O)c1. The maximum absolute atomic E-state index is 12.8. The van der Waals surface area contributed by atoms with E-state index >= 15 is 0 Å². The van der Waals surface area contributed by atoms with E-state index in [0.717, 1.165) is 21.9 Å². The predicted molar refractivity (Wildman–Crippen MR) is 106 cm³/mol. The van der Waals surface area contributed by atoms with Crippen molar-refractivity contribution in [3.63, 3.8) is 0 Å². The summed E-state index contributed by atoms with van der Waals surface area (Å²) >= 11 is 0. The largest absolute Gasteiger partial charge is 0.491 e. The van der Waals surface area contributed by atoms with Gasteiger partial charge in [0.05, 0.1) is 12.4 Å². The highest BCUT2D eigenvalue weighted by molar-refractivity contribution is 7.88. The van der Waals surface area contributed by atoms with Gasteiger partial charge < -0.3 is 10.1 Å². The summed E-state index contributed by atoms with van der Waals surface area (Å²) in [5, 5.41) is 2.83. The van der Waals surface area contributed by atoms with Gasteiger partial charge in [-0.25, -0.2) is 8.42 Å². The van der Waals surface area contributed by atoms with Gasteiger partial charge in [0.1, 0.15) is 11.8 Å². The van der Waals surface area contributed by atoms with Gasteiger partial charge in [0.2, 0.25) is 15.9 Å².